The highest BCUT2D eigenvalue weighted by molar-refractivity contribution is 7.97. The van der Waals surface area contributed by atoms with E-state index >= 15 is 0 Å². The number of hydrogen-bond acceptors (Lipinski definition) is 5. The van der Waals surface area contributed by atoms with Crippen molar-refractivity contribution in [2.75, 3.05) is 6.26 Å². The first kappa shape index (κ1) is 15.7. The number of nitrogens with one attached hydrogen (secondary N) is 1. The van der Waals surface area contributed by atoms with E-state index in [1.54, 1.807) is 23.9 Å². The van der Waals surface area contributed by atoms with Crippen LogP contribution in [0.3, 0.4) is 0 Å². The Hall–Kier alpha value is -1.73. The number of nitrogens with zero attached hydrogens (tertiary/aromatic N) is 2. The Morgan fingerprint density at radius 1 is 1.48 bits per heavy atom. The van der Waals surface area contributed by atoms with E-state index in [1.807, 2.05) is 18.4 Å². The molecule has 1 amide bonds. The van der Waals surface area contributed by atoms with Crippen LogP contribution < -0.4 is 5.32 Å². The van der Waals surface area contributed by atoms with Gasteiger partial charge >= 0.3 is 6.09 Å². The van der Waals surface area contributed by atoms with Crippen molar-refractivity contribution >= 4 is 29.5 Å². The van der Waals surface area contributed by atoms with Gasteiger partial charge in [0.1, 0.15) is 0 Å². The van der Waals surface area contributed by atoms with Gasteiger partial charge in [0.2, 0.25) is 5.89 Å². The van der Waals surface area contributed by atoms with Crippen LogP contribution in [-0.2, 0) is 12.2 Å². The lowest BCUT2D eigenvalue weighted by molar-refractivity contribution is 0.189. The second kappa shape index (κ2) is 7.33. The minimum atomic E-state index is -1.13. The number of amides is 1. The van der Waals surface area contributed by atoms with E-state index < -0.39 is 12.1 Å². The summed E-state index contributed by atoms with van der Waals surface area (Å²) in [7, 11) is 0. The van der Waals surface area contributed by atoms with Crippen LogP contribution in [-0.4, -0.2) is 27.6 Å². The number of hydrogen-bond donors (Lipinski definition) is 2. The fourth-order valence-corrected chi connectivity index (χ4v) is 2.29. The Balaban J connectivity index is 2.16. The molecule has 0 bridgehead atoms. The summed E-state index contributed by atoms with van der Waals surface area (Å²) in [6, 6.07) is 6.61. The first-order chi connectivity index (χ1) is 10.1. The fraction of sp³-hybridized carbons (Fsp3) is 0.308. The van der Waals surface area contributed by atoms with Gasteiger partial charge < -0.3 is 14.9 Å². The van der Waals surface area contributed by atoms with Gasteiger partial charge in [0.15, 0.2) is 5.82 Å². The van der Waals surface area contributed by atoms with Crippen LogP contribution in [0.25, 0.3) is 0 Å². The zero-order valence-electron chi connectivity index (χ0n) is 11.2. The molecular formula is C13H14ClN3O3S. The van der Waals surface area contributed by atoms with Crippen molar-refractivity contribution in [3.8, 4) is 0 Å². The average Bonchev–Trinajstić information content (AvgIpc) is 2.89. The minimum absolute atomic E-state index is 0.330. The van der Waals surface area contributed by atoms with Crippen molar-refractivity contribution in [3.63, 3.8) is 0 Å². The van der Waals surface area contributed by atoms with Gasteiger partial charge in [-0.05, 0) is 24.0 Å². The summed E-state index contributed by atoms with van der Waals surface area (Å²) >= 11 is 7.39. The fourth-order valence-electron chi connectivity index (χ4n) is 1.80. The maximum absolute atomic E-state index is 10.9. The molecule has 1 aromatic heterocycles. The third kappa shape index (κ3) is 4.64. The van der Waals surface area contributed by atoms with Crippen LogP contribution in [0.4, 0.5) is 4.79 Å². The predicted octanol–water partition coefficient (Wildman–Crippen LogP) is 3.14. The Morgan fingerprint density at radius 3 is 2.81 bits per heavy atom. The number of carbonyl (C=O) groups is 1. The summed E-state index contributed by atoms with van der Waals surface area (Å²) in [4.78, 5) is 15.2. The summed E-state index contributed by atoms with van der Waals surface area (Å²) in [6.45, 7) is 0. The summed E-state index contributed by atoms with van der Waals surface area (Å²) < 4.78 is 5.09. The second-order valence-electron chi connectivity index (χ2n) is 4.31. The Bertz CT molecular complexity index is 603. The van der Waals surface area contributed by atoms with Crippen molar-refractivity contribution in [1.29, 1.82) is 0 Å². The molecule has 1 heterocycles. The molecule has 0 saturated carbocycles. The SMILES string of the molecule is CSCc1nc([C@H](Cc2ccc(Cl)cc2)NC(=O)O)no1. The van der Waals surface area contributed by atoms with Crippen LogP contribution in [0.1, 0.15) is 23.3 Å². The number of thioether (sulfide) groups is 1. The first-order valence-corrected chi connectivity index (χ1v) is 7.91. The molecule has 0 saturated heterocycles. The predicted molar refractivity (Wildman–Crippen MR) is 80.6 cm³/mol. The number of benzene rings is 1. The molecule has 1 atom stereocenters. The average molecular weight is 328 g/mol. The van der Waals surface area contributed by atoms with Crippen LogP contribution in [0.5, 0.6) is 0 Å². The standard InChI is InChI=1S/C13H14ClN3O3S/c1-21-7-11-16-12(17-20-11)10(15-13(18)19)6-8-2-4-9(14)5-3-8/h2-5,10,15H,6-7H2,1H3,(H,18,19)/t10-/m0/s1. The van der Waals surface area contributed by atoms with E-state index in [0.29, 0.717) is 28.9 Å². The molecule has 0 radical (unpaired) electrons. The molecular weight excluding hydrogens is 314 g/mol. The maximum atomic E-state index is 10.9. The highest BCUT2D eigenvalue weighted by atomic mass is 35.5. The van der Waals surface area contributed by atoms with Gasteiger partial charge in [-0.25, -0.2) is 4.79 Å². The number of rotatable bonds is 6. The summed E-state index contributed by atoms with van der Waals surface area (Å²) in [5.74, 6) is 1.40. The van der Waals surface area contributed by atoms with E-state index in [0.717, 1.165) is 5.56 Å². The largest absolute Gasteiger partial charge is 0.465 e. The van der Waals surface area contributed by atoms with Crippen LogP contribution in [0.2, 0.25) is 5.02 Å². The zero-order valence-corrected chi connectivity index (χ0v) is 12.8. The topological polar surface area (TPSA) is 88.2 Å². The van der Waals surface area contributed by atoms with Gasteiger partial charge in [0.05, 0.1) is 11.8 Å². The quantitative estimate of drug-likeness (QED) is 0.847. The molecule has 0 aliphatic heterocycles. The summed E-state index contributed by atoms with van der Waals surface area (Å²) in [5.41, 5.74) is 0.925. The number of aromatic nitrogens is 2. The molecule has 0 aliphatic carbocycles. The van der Waals surface area contributed by atoms with Gasteiger partial charge in [-0.2, -0.15) is 16.7 Å². The monoisotopic (exact) mass is 327 g/mol. The molecule has 8 heteroatoms. The molecule has 0 fully saturated rings. The Labute approximate surface area is 130 Å². The molecule has 6 nitrogen and oxygen atoms in total. The highest BCUT2D eigenvalue weighted by Gasteiger charge is 2.20. The first-order valence-electron chi connectivity index (χ1n) is 6.14. The lowest BCUT2D eigenvalue weighted by Crippen LogP contribution is -2.29. The van der Waals surface area contributed by atoms with Crippen molar-refractivity contribution in [1.82, 2.24) is 15.5 Å². The second-order valence-corrected chi connectivity index (χ2v) is 5.61. The maximum Gasteiger partial charge on any atom is 0.405 e. The molecule has 2 rings (SSSR count). The van der Waals surface area contributed by atoms with Crippen molar-refractivity contribution in [3.05, 3.63) is 46.6 Å². The van der Waals surface area contributed by atoms with Crippen LogP contribution in [0, 0.1) is 0 Å². The molecule has 1 aromatic carbocycles. The van der Waals surface area contributed by atoms with Crippen LogP contribution in [0.15, 0.2) is 28.8 Å². The molecule has 2 aromatic rings. The normalized spacial score (nSPS) is 12.1. The molecule has 0 aliphatic rings. The minimum Gasteiger partial charge on any atom is -0.465 e. The van der Waals surface area contributed by atoms with Gasteiger partial charge in [0.25, 0.3) is 0 Å². The lowest BCUT2D eigenvalue weighted by atomic mass is 10.1. The van der Waals surface area contributed by atoms with Gasteiger partial charge in [0, 0.05) is 11.4 Å². The van der Waals surface area contributed by atoms with Gasteiger partial charge in [-0.15, -0.1) is 0 Å². The van der Waals surface area contributed by atoms with E-state index in [9.17, 15) is 4.79 Å². The van der Waals surface area contributed by atoms with Crippen molar-refractivity contribution < 1.29 is 14.4 Å². The van der Waals surface area contributed by atoms with E-state index in [-0.39, 0.29) is 0 Å². The smallest absolute Gasteiger partial charge is 0.405 e. The van der Waals surface area contributed by atoms with Crippen molar-refractivity contribution in [2.24, 2.45) is 0 Å². The van der Waals surface area contributed by atoms with Gasteiger partial charge in [-0.3, -0.25) is 0 Å². The summed E-state index contributed by atoms with van der Waals surface area (Å²) in [6.07, 6.45) is 1.21. The van der Waals surface area contributed by atoms with Crippen LogP contribution >= 0.6 is 23.4 Å². The number of halogens is 1. The third-order valence-electron chi connectivity index (χ3n) is 2.71. The summed E-state index contributed by atoms with van der Waals surface area (Å²) in [5, 5.41) is 15.8. The Morgan fingerprint density at radius 2 is 2.19 bits per heavy atom. The highest BCUT2D eigenvalue weighted by Crippen LogP contribution is 2.19. The van der Waals surface area contributed by atoms with E-state index in [4.69, 9.17) is 21.2 Å². The molecule has 2 N–H and O–H groups in total. The van der Waals surface area contributed by atoms with Crippen molar-refractivity contribution in [2.45, 2.75) is 18.2 Å². The van der Waals surface area contributed by atoms with E-state index in [2.05, 4.69) is 15.5 Å². The Kier molecular flexibility index (Phi) is 5.46. The molecule has 21 heavy (non-hydrogen) atoms. The number of carboxylic acid groups (broad SMARTS) is 1. The van der Waals surface area contributed by atoms with Gasteiger partial charge in [-0.1, -0.05) is 28.9 Å². The van der Waals surface area contributed by atoms with E-state index in [1.165, 1.54) is 0 Å². The lowest BCUT2D eigenvalue weighted by Gasteiger charge is -2.13. The third-order valence-corrected chi connectivity index (χ3v) is 3.50. The molecule has 0 spiro atoms. The molecule has 112 valence electrons. The zero-order chi connectivity index (χ0) is 15.2. The molecule has 0 unspecified atom stereocenters.